The summed E-state index contributed by atoms with van der Waals surface area (Å²) in [6, 6.07) is 13.0. The maximum atomic E-state index is 13.0. The van der Waals surface area contributed by atoms with Crippen molar-refractivity contribution in [2.45, 2.75) is 6.18 Å². The van der Waals surface area contributed by atoms with Crippen molar-refractivity contribution in [3.05, 3.63) is 65.7 Å². The van der Waals surface area contributed by atoms with E-state index >= 15 is 0 Å². The van der Waals surface area contributed by atoms with Crippen LogP contribution in [0.2, 0.25) is 0 Å². The molecule has 1 N–H and O–H groups in total. The second-order valence-electron chi connectivity index (χ2n) is 5.68. The number of benzene rings is 2. The summed E-state index contributed by atoms with van der Waals surface area (Å²) < 4.78 is 44.1. The number of carbonyl (C=O) groups is 2. The van der Waals surface area contributed by atoms with Crippen LogP contribution in [-0.4, -0.2) is 43.5 Å². The molecule has 2 aromatic rings. The monoisotopic (exact) mass is 380 g/mol. The van der Waals surface area contributed by atoms with Gasteiger partial charge in [0, 0.05) is 19.2 Å². The van der Waals surface area contributed by atoms with E-state index in [-0.39, 0.29) is 18.8 Å². The number of nitrogens with one attached hydrogen (secondary N) is 1. The Balaban J connectivity index is 2.14. The zero-order chi connectivity index (χ0) is 19.9. The first-order valence-electron chi connectivity index (χ1n) is 8.12. The summed E-state index contributed by atoms with van der Waals surface area (Å²) >= 11 is 0. The number of methoxy groups -OCH3 is 1. The molecular weight excluding hydrogens is 361 g/mol. The number of carbonyl (C=O) groups excluding carboxylic acids is 2. The first kappa shape index (κ1) is 20.4. The molecule has 2 amide bonds. The van der Waals surface area contributed by atoms with Gasteiger partial charge in [0.05, 0.1) is 17.9 Å². The Morgan fingerprint density at radius 2 is 1.67 bits per heavy atom. The molecule has 27 heavy (non-hydrogen) atoms. The molecule has 0 unspecified atom stereocenters. The fraction of sp³-hybridized carbons (Fsp3) is 0.263. The molecule has 0 aliphatic carbocycles. The summed E-state index contributed by atoms with van der Waals surface area (Å²) in [5, 5.41) is 2.24. The van der Waals surface area contributed by atoms with Crippen LogP contribution in [0.1, 0.15) is 15.9 Å². The average molecular weight is 380 g/mol. The summed E-state index contributed by atoms with van der Waals surface area (Å²) in [7, 11) is 1.45. The van der Waals surface area contributed by atoms with Crippen molar-refractivity contribution in [1.82, 2.24) is 4.90 Å². The minimum absolute atomic E-state index is 0.124. The van der Waals surface area contributed by atoms with Crippen LogP contribution in [0.3, 0.4) is 0 Å². The molecule has 0 fully saturated rings. The molecule has 0 atom stereocenters. The van der Waals surface area contributed by atoms with E-state index in [1.807, 2.05) is 0 Å². The fourth-order valence-corrected chi connectivity index (χ4v) is 2.42. The van der Waals surface area contributed by atoms with Crippen LogP contribution in [0, 0.1) is 0 Å². The number of nitrogens with zero attached hydrogens (tertiary/aromatic N) is 1. The van der Waals surface area contributed by atoms with Crippen molar-refractivity contribution in [3.8, 4) is 0 Å². The average Bonchev–Trinajstić information content (AvgIpc) is 2.64. The molecule has 144 valence electrons. The third-order valence-electron chi connectivity index (χ3n) is 3.71. The van der Waals surface area contributed by atoms with Gasteiger partial charge < -0.3 is 15.0 Å². The highest BCUT2D eigenvalue weighted by atomic mass is 19.4. The van der Waals surface area contributed by atoms with Gasteiger partial charge in [-0.1, -0.05) is 30.3 Å². The van der Waals surface area contributed by atoms with Crippen LogP contribution in [0.4, 0.5) is 18.9 Å². The van der Waals surface area contributed by atoms with Gasteiger partial charge in [0.25, 0.3) is 5.91 Å². The van der Waals surface area contributed by atoms with Gasteiger partial charge in [-0.3, -0.25) is 9.59 Å². The van der Waals surface area contributed by atoms with Crippen molar-refractivity contribution < 1.29 is 27.5 Å². The zero-order valence-electron chi connectivity index (χ0n) is 14.6. The molecule has 8 heteroatoms. The molecule has 0 bridgehead atoms. The summed E-state index contributed by atoms with van der Waals surface area (Å²) in [5.74, 6) is -1.14. The fourth-order valence-electron chi connectivity index (χ4n) is 2.42. The zero-order valence-corrected chi connectivity index (χ0v) is 14.6. The van der Waals surface area contributed by atoms with Crippen LogP contribution in [0.15, 0.2) is 54.6 Å². The lowest BCUT2D eigenvalue weighted by molar-refractivity contribution is -0.137. The van der Waals surface area contributed by atoms with E-state index in [9.17, 15) is 22.8 Å². The molecule has 0 radical (unpaired) electrons. The van der Waals surface area contributed by atoms with Gasteiger partial charge in [0.1, 0.15) is 6.54 Å². The van der Waals surface area contributed by atoms with Crippen LogP contribution in [0.5, 0.6) is 0 Å². The lowest BCUT2D eigenvalue weighted by atomic mass is 10.1. The van der Waals surface area contributed by atoms with Crippen molar-refractivity contribution in [3.63, 3.8) is 0 Å². The molecule has 5 nitrogen and oxygen atoms in total. The molecule has 0 heterocycles. The highest BCUT2D eigenvalue weighted by Gasteiger charge is 2.33. The summed E-state index contributed by atoms with van der Waals surface area (Å²) in [6.45, 7) is -0.0904. The SMILES string of the molecule is COCCN(CC(=O)Nc1ccccc1C(F)(F)F)C(=O)c1ccccc1. The largest absolute Gasteiger partial charge is 0.418 e. The van der Waals surface area contributed by atoms with Crippen molar-refractivity contribution in [2.75, 3.05) is 32.1 Å². The number of hydrogen-bond donors (Lipinski definition) is 1. The van der Waals surface area contributed by atoms with Gasteiger partial charge >= 0.3 is 6.18 Å². The van der Waals surface area contributed by atoms with E-state index in [0.29, 0.717) is 5.56 Å². The second kappa shape index (κ2) is 9.18. The molecule has 0 aliphatic heterocycles. The second-order valence-corrected chi connectivity index (χ2v) is 5.68. The molecule has 0 spiro atoms. The number of halogens is 3. The van der Waals surface area contributed by atoms with Crippen LogP contribution in [0.25, 0.3) is 0 Å². The third kappa shape index (κ3) is 5.82. The highest BCUT2D eigenvalue weighted by molar-refractivity contribution is 5.99. The molecule has 0 aromatic heterocycles. The Kier molecular flexibility index (Phi) is 6.95. The number of ether oxygens (including phenoxy) is 1. The van der Waals surface area contributed by atoms with Crippen LogP contribution >= 0.6 is 0 Å². The minimum atomic E-state index is -4.60. The Hall–Kier alpha value is -2.87. The van der Waals surface area contributed by atoms with Crippen LogP contribution < -0.4 is 5.32 Å². The number of para-hydroxylation sites is 1. The van der Waals surface area contributed by atoms with Crippen molar-refractivity contribution in [2.24, 2.45) is 0 Å². The lowest BCUT2D eigenvalue weighted by Crippen LogP contribution is -2.40. The van der Waals surface area contributed by atoms with Gasteiger partial charge in [-0.05, 0) is 24.3 Å². The third-order valence-corrected chi connectivity index (χ3v) is 3.71. The smallest absolute Gasteiger partial charge is 0.383 e. The van der Waals surface area contributed by atoms with Gasteiger partial charge in [-0.25, -0.2) is 0 Å². The Bertz CT molecular complexity index is 779. The van der Waals surface area contributed by atoms with Gasteiger partial charge in [-0.2, -0.15) is 13.2 Å². The normalized spacial score (nSPS) is 11.1. The number of alkyl halides is 3. The minimum Gasteiger partial charge on any atom is -0.383 e. The van der Waals surface area contributed by atoms with Gasteiger partial charge in [0.2, 0.25) is 5.91 Å². The summed E-state index contributed by atoms with van der Waals surface area (Å²) in [5.41, 5.74) is -0.929. The first-order chi connectivity index (χ1) is 12.8. The highest BCUT2D eigenvalue weighted by Crippen LogP contribution is 2.34. The van der Waals surface area contributed by atoms with E-state index in [2.05, 4.69) is 5.32 Å². The Labute approximate surface area is 154 Å². The first-order valence-corrected chi connectivity index (χ1v) is 8.12. The van der Waals surface area contributed by atoms with Crippen LogP contribution in [-0.2, 0) is 15.7 Å². The van der Waals surface area contributed by atoms with E-state index in [0.717, 1.165) is 6.07 Å². The molecule has 0 saturated heterocycles. The topological polar surface area (TPSA) is 58.6 Å². The van der Waals surface area contributed by atoms with E-state index in [1.165, 1.54) is 30.2 Å². The number of rotatable bonds is 7. The molecule has 2 aromatic carbocycles. The molecule has 0 saturated carbocycles. The Morgan fingerprint density at radius 3 is 2.30 bits per heavy atom. The maximum absolute atomic E-state index is 13.0. The quantitative estimate of drug-likeness (QED) is 0.801. The predicted molar refractivity (Wildman–Crippen MR) is 94.3 cm³/mol. The molecule has 0 aliphatic rings. The standard InChI is InChI=1S/C19H19F3N2O3/c1-27-12-11-24(18(26)14-7-3-2-4-8-14)13-17(25)23-16-10-6-5-9-15(16)19(20,21)22/h2-10H,11-13H2,1H3,(H,23,25). The van der Waals surface area contributed by atoms with Gasteiger partial charge in [-0.15, -0.1) is 0 Å². The number of amides is 2. The van der Waals surface area contributed by atoms with E-state index < -0.39 is 30.1 Å². The van der Waals surface area contributed by atoms with Gasteiger partial charge in [0.15, 0.2) is 0 Å². The Morgan fingerprint density at radius 1 is 1.04 bits per heavy atom. The number of hydrogen-bond acceptors (Lipinski definition) is 3. The van der Waals surface area contributed by atoms with E-state index in [1.54, 1.807) is 30.3 Å². The molecular formula is C19H19F3N2O3. The lowest BCUT2D eigenvalue weighted by Gasteiger charge is -2.22. The summed E-state index contributed by atoms with van der Waals surface area (Å²) in [4.78, 5) is 26.1. The summed E-state index contributed by atoms with van der Waals surface area (Å²) in [6.07, 6.45) is -4.60. The van der Waals surface area contributed by atoms with Crippen molar-refractivity contribution in [1.29, 1.82) is 0 Å². The molecule has 2 rings (SSSR count). The predicted octanol–water partition coefficient (Wildman–Crippen LogP) is 3.43. The van der Waals surface area contributed by atoms with E-state index in [4.69, 9.17) is 4.74 Å². The maximum Gasteiger partial charge on any atom is 0.418 e. The van der Waals surface area contributed by atoms with Crippen molar-refractivity contribution >= 4 is 17.5 Å². The number of anilines is 1.